The molecule has 2 rings (SSSR count). The molecule has 2 N–H and O–H groups in total. The van der Waals surface area contributed by atoms with Gasteiger partial charge in [-0.25, -0.2) is 13.3 Å². The van der Waals surface area contributed by atoms with E-state index in [0.717, 1.165) is 23.8 Å². The third kappa shape index (κ3) is 4.56. The highest BCUT2D eigenvalue weighted by atomic mass is 32.2. The first-order chi connectivity index (χ1) is 11.9. The molecule has 0 spiro atoms. The molecule has 1 aliphatic rings. The molecule has 1 aromatic rings. The van der Waals surface area contributed by atoms with Crippen molar-refractivity contribution in [2.75, 3.05) is 31.0 Å². The molecule has 2 unspecified atom stereocenters. The molecule has 2 atom stereocenters. The lowest BCUT2D eigenvalue weighted by Gasteiger charge is -2.24. The molecule has 140 valence electrons. The molecule has 0 radical (unpaired) electrons. The van der Waals surface area contributed by atoms with Crippen LogP contribution in [-0.4, -0.2) is 47.2 Å². The number of aromatic hydroxyl groups is 1. The van der Waals surface area contributed by atoms with Gasteiger partial charge in [-0.2, -0.15) is 0 Å². The summed E-state index contributed by atoms with van der Waals surface area (Å²) in [7, 11) is 1.43. The number of anilines is 1. The Labute approximate surface area is 150 Å². The molecule has 1 saturated heterocycles. The van der Waals surface area contributed by atoms with Gasteiger partial charge in [0.1, 0.15) is 17.7 Å². The van der Waals surface area contributed by atoms with Gasteiger partial charge in [0, 0.05) is 18.7 Å². The van der Waals surface area contributed by atoms with Gasteiger partial charge < -0.3 is 9.90 Å². The first-order valence-electron chi connectivity index (χ1n) is 8.42. The average Bonchev–Trinajstić information content (AvgIpc) is 3.05. The Hall–Kier alpha value is -1.51. The van der Waals surface area contributed by atoms with Crippen LogP contribution in [0, 0.1) is 17.7 Å². The van der Waals surface area contributed by atoms with Crippen molar-refractivity contribution in [3.63, 3.8) is 0 Å². The average molecular weight is 371 g/mol. The maximum Gasteiger partial charge on any atom is 0.196 e. The Bertz CT molecular complexity index is 642. The Balaban J connectivity index is 2.27. The van der Waals surface area contributed by atoms with Crippen molar-refractivity contribution >= 4 is 23.1 Å². The number of aldehydes is 1. The zero-order valence-corrected chi connectivity index (χ0v) is 15.7. The smallest absolute Gasteiger partial charge is 0.196 e. The van der Waals surface area contributed by atoms with Crippen LogP contribution in [-0.2, 0) is 22.5 Å². The molecule has 0 saturated carbocycles. The number of carbonyl (C=O) groups excluding carboxylic acids is 1. The van der Waals surface area contributed by atoms with Gasteiger partial charge >= 0.3 is 0 Å². The van der Waals surface area contributed by atoms with Gasteiger partial charge in [0.2, 0.25) is 0 Å². The third-order valence-electron chi connectivity index (χ3n) is 4.68. The Morgan fingerprint density at radius 1 is 1.52 bits per heavy atom. The Kier molecular flexibility index (Phi) is 6.92. The number of phenolic OH excluding ortho intramolecular Hbond substituents is 1. The molecule has 0 aliphatic carbocycles. The number of rotatable bonds is 8. The lowest BCUT2D eigenvalue weighted by Crippen LogP contribution is -2.35. The van der Waals surface area contributed by atoms with E-state index >= 15 is 4.39 Å². The molecular formula is C17H26FN3O3S. The van der Waals surface area contributed by atoms with Gasteiger partial charge in [-0.1, -0.05) is 19.9 Å². The minimum absolute atomic E-state index is 0.211. The summed E-state index contributed by atoms with van der Waals surface area (Å²) in [5, 5.41) is 10.1. The molecule has 1 aliphatic heterocycles. The number of phenols is 1. The number of hydrogen-bond acceptors (Lipinski definition) is 4. The van der Waals surface area contributed by atoms with E-state index in [1.165, 1.54) is 19.2 Å². The summed E-state index contributed by atoms with van der Waals surface area (Å²) in [4.78, 5) is 13.1. The number of nitrogens with zero attached hydrogens (tertiary/aromatic N) is 2. The van der Waals surface area contributed by atoms with Crippen molar-refractivity contribution in [3.05, 3.63) is 23.5 Å². The van der Waals surface area contributed by atoms with Crippen LogP contribution in [0.5, 0.6) is 5.75 Å². The zero-order valence-electron chi connectivity index (χ0n) is 14.9. The molecule has 0 amide bonds. The lowest BCUT2D eigenvalue weighted by atomic mass is 9.95. The Morgan fingerprint density at radius 3 is 2.80 bits per heavy atom. The van der Waals surface area contributed by atoms with Crippen molar-refractivity contribution < 1.29 is 18.5 Å². The number of hydrogen-bond donors (Lipinski definition) is 2. The number of likely N-dealkylation sites (tertiary alicyclic amines) is 1. The first kappa shape index (κ1) is 19.8. The number of halogens is 1. The fourth-order valence-corrected chi connectivity index (χ4v) is 3.92. The van der Waals surface area contributed by atoms with Gasteiger partial charge in [-0.05, 0) is 37.9 Å². The molecule has 25 heavy (non-hydrogen) atoms. The van der Waals surface area contributed by atoms with E-state index in [0.29, 0.717) is 30.2 Å². The minimum atomic E-state index is -1.82. The predicted octanol–water partition coefficient (Wildman–Crippen LogP) is 1.81. The van der Waals surface area contributed by atoms with Gasteiger partial charge in [-0.3, -0.25) is 9.21 Å². The summed E-state index contributed by atoms with van der Waals surface area (Å²) in [6, 6.07) is 2.92. The van der Waals surface area contributed by atoms with Crippen molar-refractivity contribution in [3.8, 4) is 5.75 Å². The summed E-state index contributed by atoms with van der Waals surface area (Å²) >= 11 is -1.82. The van der Waals surface area contributed by atoms with E-state index in [1.54, 1.807) is 0 Å². The zero-order chi connectivity index (χ0) is 18.6. The molecule has 6 nitrogen and oxygen atoms in total. The second-order valence-electron chi connectivity index (χ2n) is 6.62. The maximum absolute atomic E-state index is 15.0. The minimum Gasteiger partial charge on any atom is -0.506 e. The van der Waals surface area contributed by atoms with E-state index < -0.39 is 17.0 Å². The quantitative estimate of drug-likeness (QED) is 0.684. The van der Waals surface area contributed by atoms with E-state index in [2.05, 4.69) is 23.5 Å². The topological polar surface area (TPSA) is 72.9 Å². The Morgan fingerprint density at radius 2 is 2.24 bits per heavy atom. The van der Waals surface area contributed by atoms with Crippen LogP contribution in [0.2, 0.25) is 0 Å². The normalized spacial score (nSPS) is 19.3. The second kappa shape index (κ2) is 8.73. The molecule has 0 bridgehead atoms. The predicted molar refractivity (Wildman–Crippen MR) is 96.9 cm³/mol. The molecule has 1 heterocycles. The van der Waals surface area contributed by atoms with Crippen LogP contribution in [0.1, 0.15) is 25.8 Å². The highest BCUT2D eigenvalue weighted by Gasteiger charge is 2.27. The SMILES string of the molecule is CNS(=O)N(CC=O)c1c(O)ccc(CN2CCC(C(C)C)C2)c1F. The van der Waals surface area contributed by atoms with E-state index in [-0.39, 0.29) is 18.0 Å². The van der Waals surface area contributed by atoms with Crippen LogP contribution >= 0.6 is 0 Å². The van der Waals surface area contributed by atoms with E-state index in [4.69, 9.17) is 0 Å². The van der Waals surface area contributed by atoms with Crippen molar-refractivity contribution in [1.82, 2.24) is 9.62 Å². The van der Waals surface area contributed by atoms with E-state index in [1.807, 2.05) is 0 Å². The van der Waals surface area contributed by atoms with Crippen LogP contribution < -0.4 is 9.03 Å². The summed E-state index contributed by atoms with van der Waals surface area (Å²) in [5.41, 5.74) is 0.207. The summed E-state index contributed by atoms with van der Waals surface area (Å²) in [6.45, 7) is 6.33. The van der Waals surface area contributed by atoms with Gasteiger partial charge in [0.25, 0.3) is 0 Å². The molecule has 1 fully saturated rings. The van der Waals surface area contributed by atoms with Crippen molar-refractivity contribution in [2.45, 2.75) is 26.8 Å². The number of carbonyl (C=O) groups is 1. The fraction of sp³-hybridized carbons (Fsp3) is 0.588. The molecule has 1 aromatic carbocycles. The molecule has 8 heteroatoms. The molecular weight excluding hydrogens is 345 g/mol. The van der Waals surface area contributed by atoms with Crippen LogP contribution in [0.25, 0.3) is 0 Å². The number of benzene rings is 1. The van der Waals surface area contributed by atoms with Crippen LogP contribution in [0.15, 0.2) is 12.1 Å². The monoisotopic (exact) mass is 371 g/mol. The fourth-order valence-electron chi connectivity index (χ4n) is 3.17. The maximum atomic E-state index is 15.0. The largest absolute Gasteiger partial charge is 0.506 e. The summed E-state index contributed by atoms with van der Waals surface area (Å²) in [6.07, 6.45) is 1.61. The van der Waals surface area contributed by atoms with Crippen LogP contribution in [0.4, 0.5) is 10.1 Å². The van der Waals surface area contributed by atoms with Crippen molar-refractivity contribution in [2.24, 2.45) is 11.8 Å². The third-order valence-corrected chi connectivity index (χ3v) is 5.77. The summed E-state index contributed by atoms with van der Waals surface area (Å²) in [5.74, 6) is 0.209. The standard InChI is InChI=1S/C17H26FN3O3S/c1-12(2)13-6-7-20(10-13)11-14-4-5-15(23)17(16(14)18)21(8-9-22)25(24)19-3/h4-5,9,12-13,19,23H,6-8,10-11H2,1-3H3. The lowest BCUT2D eigenvalue weighted by molar-refractivity contribution is -0.106. The van der Waals surface area contributed by atoms with Crippen molar-refractivity contribution in [1.29, 1.82) is 0 Å². The first-order valence-corrected chi connectivity index (χ1v) is 9.52. The van der Waals surface area contributed by atoms with Gasteiger partial charge in [0.05, 0.1) is 6.54 Å². The van der Waals surface area contributed by atoms with Crippen LogP contribution in [0.3, 0.4) is 0 Å². The van der Waals surface area contributed by atoms with Gasteiger partial charge in [-0.15, -0.1) is 0 Å². The highest BCUT2D eigenvalue weighted by molar-refractivity contribution is 7.84. The summed E-state index contributed by atoms with van der Waals surface area (Å²) < 4.78 is 30.5. The number of nitrogens with one attached hydrogen (secondary N) is 1. The molecule has 0 aromatic heterocycles. The highest BCUT2D eigenvalue weighted by Crippen LogP contribution is 2.34. The van der Waals surface area contributed by atoms with E-state index in [9.17, 15) is 14.1 Å². The second-order valence-corrected chi connectivity index (χ2v) is 7.96. The van der Waals surface area contributed by atoms with Gasteiger partial charge in [0.15, 0.2) is 17.0 Å².